The van der Waals surface area contributed by atoms with E-state index in [0.29, 0.717) is 13.2 Å². The molecule has 0 aliphatic rings. The van der Waals surface area contributed by atoms with Gasteiger partial charge in [-0.05, 0) is 41.0 Å². The molecule has 4 nitrogen and oxygen atoms in total. The van der Waals surface area contributed by atoms with Gasteiger partial charge >= 0.3 is 5.97 Å². The summed E-state index contributed by atoms with van der Waals surface area (Å²) in [6.45, 7) is 8.79. The summed E-state index contributed by atoms with van der Waals surface area (Å²) < 4.78 is 16.4. The lowest BCUT2D eigenvalue weighted by atomic mass is 9.78. The molecule has 3 aromatic carbocycles. The monoisotopic (exact) mass is 416 g/mol. The van der Waals surface area contributed by atoms with E-state index in [-0.39, 0.29) is 12.0 Å². The fourth-order valence-corrected chi connectivity index (χ4v) is 3.20. The summed E-state index contributed by atoms with van der Waals surface area (Å²) in [7, 11) is 0. The van der Waals surface area contributed by atoms with Crippen molar-refractivity contribution in [1.82, 2.24) is 0 Å². The Labute approximate surface area is 184 Å². The van der Waals surface area contributed by atoms with Gasteiger partial charge in [-0.1, -0.05) is 75.0 Å². The Morgan fingerprint density at radius 1 is 0.806 bits per heavy atom. The minimum absolute atomic E-state index is 0.171. The number of rotatable bonds is 10. The molecular formula is C27H28O4. The van der Waals surface area contributed by atoms with E-state index in [2.05, 4.69) is 56.8 Å². The second-order valence-electron chi connectivity index (χ2n) is 7.67. The minimum Gasteiger partial charge on any atom is -0.490 e. The SMILES string of the molecule is C=CC(=O)OCCOc1ccc(C(C)(C)c2ccc(OCc3ccccc3)cc2)cc1. The van der Waals surface area contributed by atoms with Crippen molar-refractivity contribution in [1.29, 1.82) is 0 Å². The van der Waals surface area contributed by atoms with Crippen LogP contribution in [-0.4, -0.2) is 19.2 Å². The molecule has 0 aliphatic heterocycles. The first-order valence-corrected chi connectivity index (χ1v) is 10.3. The summed E-state index contributed by atoms with van der Waals surface area (Å²) in [6.07, 6.45) is 1.14. The van der Waals surface area contributed by atoms with Crippen LogP contribution in [0.5, 0.6) is 11.5 Å². The molecule has 0 aromatic heterocycles. The van der Waals surface area contributed by atoms with Crippen LogP contribution in [0.3, 0.4) is 0 Å². The summed E-state index contributed by atoms with van der Waals surface area (Å²) >= 11 is 0. The zero-order valence-electron chi connectivity index (χ0n) is 18.0. The first kappa shape index (κ1) is 22.2. The quantitative estimate of drug-likeness (QED) is 0.242. The number of carbonyl (C=O) groups is 1. The first-order chi connectivity index (χ1) is 15.0. The Bertz CT molecular complexity index is 974. The predicted molar refractivity (Wildman–Crippen MR) is 122 cm³/mol. The molecular weight excluding hydrogens is 388 g/mol. The smallest absolute Gasteiger partial charge is 0.330 e. The van der Waals surface area contributed by atoms with Gasteiger partial charge in [-0.25, -0.2) is 4.79 Å². The second-order valence-corrected chi connectivity index (χ2v) is 7.67. The van der Waals surface area contributed by atoms with E-state index in [1.165, 1.54) is 11.1 Å². The maximum absolute atomic E-state index is 11.0. The number of esters is 1. The van der Waals surface area contributed by atoms with Crippen LogP contribution in [0.2, 0.25) is 0 Å². The fraction of sp³-hybridized carbons (Fsp3) is 0.222. The van der Waals surface area contributed by atoms with Gasteiger partial charge in [0.15, 0.2) is 0 Å². The van der Waals surface area contributed by atoms with E-state index >= 15 is 0 Å². The lowest BCUT2D eigenvalue weighted by Crippen LogP contribution is -2.18. The van der Waals surface area contributed by atoms with Gasteiger partial charge in [-0.2, -0.15) is 0 Å². The Hall–Kier alpha value is -3.53. The van der Waals surface area contributed by atoms with Gasteiger partial charge in [-0.3, -0.25) is 0 Å². The Morgan fingerprint density at radius 3 is 1.90 bits per heavy atom. The van der Waals surface area contributed by atoms with E-state index in [4.69, 9.17) is 14.2 Å². The lowest BCUT2D eigenvalue weighted by molar-refractivity contribution is -0.138. The van der Waals surface area contributed by atoms with Crippen LogP contribution in [0.15, 0.2) is 91.5 Å². The van der Waals surface area contributed by atoms with Crippen LogP contribution in [-0.2, 0) is 21.6 Å². The van der Waals surface area contributed by atoms with E-state index in [0.717, 1.165) is 23.1 Å². The standard InChI is InChI=1S/C27H28O4/c1-4-26(28)30-19-18-29-24-14-10-22(11-15-24)27(2,3)23-12-16-25(17-13-23)31-20-21-8-6-5-7-9-21/h4-17H,1,18-20H2,2-3H3. The van der Waals surface area contributed by atoms with Crippen molar-refractivity contribution in [3.05, 3.63) is 108 Å². The van der Waals surface area contributed by atoms with Crippen LogP contribution < -0.4 is 9.47 Å². The number of carbonyl (C=O) groups excluding carboxylic acids is 1. The Kier molecular flexibility index (Phi) is 7.50. The number of benzene rings is 3. The maximum atomic E-state index is 11.0. The van der Waals surface area contributed by atoms with Crippen LogP contribution in [0.4, 0.5) is 0 Å². The van der Waals surface area contributed by atoms with Gasteiger partial charge in [0.05, 0.1) is 0 Å². The molecule has 0 heterocycles. The summed E-state index contributed by atoms with van der Waals surface area (Å²) in [6, 6.07) is 26.4. The molecule has 0 atom stereocenters. The largest absolute Gasteiger partial charge is 0.490 e. The van der Waals surface area contributed by atoms with E-state index < -0.39 is 5.97 Å². The highest BCUT2D eigenvalue weighted by Gasteiger charge is 2.23. The van der Waals surface area contributed by atoms with Crippen LogP contribution in [0.25, 0.3) is 0 Å². The molecule has 31 heavy (non-hydrogen) atoms. The molecule has 4 heteroatoms. The first-order valence-electron chi connectivity index (χ1n) is 10.3. The summed E-state index contributed by atoms with van der Waals surface area (Å²) in [5, 5.41) is 0. The van der Waals surface area contributed by atoms with Gasteiger partial charge in [0.1, 0.15) is 31.3 Å². The normalized spacial score (nSPS) is 10.9. The molecule has 0 aliphatic carbocycles. The molecule has 0 saturated carbocycles. The lowest BCUT2D eigenvalue weighted by Gasteiger charge is -2.26. The molecule has 0 spiro atoms. The average Bonchev–Trinajstić information content (AvgIpc) is 2.81. The van der Waals surface area contributed by atoms with Gasteiger partial charge in [0.2, 0.25) is 0 Å². The summed E-state index contributed by atoms with van der Waals surface area (Å²) in [4.78, 5) is 11.0. The van der Waals surface area contributed by atoms with Crippen molar-refractivity contribution in [2.45, 2.75) is 25.9 Å². The van der Waals surface area contributed by atoms with E-state index in [1.54, 1.807) is 0 Å². The van der Waals surface area contributed by atoms with E-state index in [1.807, 2.05) is 42.5 Å². The molecule has 0 unspecified atom stereocenters. The Balaban J connectivity index is 1.57. The van der Waals surface area contributed by atoms with Crippen molar-refractivity contribution >= 4 is 5.97 Å². The molecule has 160 valence electrons. The van der Waals surface area contributed by atoms with Crippen molar-refractivity contribution in [2.24, 2.45) is 0 Å². The molecule has 0 fully saturated rings. The summed E-state index contributed by atoms with van der Waals surface area (Å²) in [5.41, 5.74) is 3.35. The van der Waals surface area contributed by atoms with Gasteiger partial charge in [-0.15, -0.1) is 0 Å². The second kappa shape index (κ2) is 10.5. The highest BCUT2D eigenvalue weighted by Crippen LogP contribution is 2.33. The highest BCUT2D eigenvalue weighted by molar-refractivity contribution is 5.81. The molecule has 3 aromatic rings. The minimum atomic E-state index is -0.447. The topological polar surface area (TPSA) is 44.8 Å². The van der Waals surface area contributed by atoms with Crippen molar-refractivity contribution in [3.63, 3.8) is 0 Å². The third kappa shape index (κ3) is 6.22. The zero-order valence-corrected chi connectivity index (χ0v) is 18.0. The zero-order chi connectivity index (χ0) is 22.1. The van der Waals surface area contributed by atoms with Gasteiger partial charge in [0, 0.05) is 11.5 Å². The van der Waals surface area contributed by atoms with Crippen molar-refractivity contribution in [2.75, 3.05) is 13.2 Å². The average molecular weight is 417 g/mol. The maximum Gasteiger partial charge on any atom is 0.330 e. The summed E-state index contributed by atoms with van der Waals surface area (Å²) in [5.74, 6) is 1.14. The molecule has 0 amide bonds. The Morgan fingerprint density at radius 2 is 1.35 bits per heavy atom. The third-order valence-corrected chi connectivity index (χ3v) is 5.16. The van der Waals surface area contributed by atoms with Gasteiger partial charge < -0.3 is 14.2 Å². The molecule has 0 N–H and O–H groups in total. The van der Waals surface area contributed by atoms with Crippen molar-refractivity contribution < 1.29 is 19.0 Å². The molecule has 3 rings (SSSR count). The fourth-order valence-electron chi connectivity index (χ4n) is 3.20. The number of ether oxygens (including phenoxy) is 3. The number of hydrogen-bond acceptors (Lipinski definition) is 4. The van der Waals surface area contributed by atoms with Crippen LogP contribution in [0, 0.1) is 0 Å². The van der Waals surface area contributed by atoms with Gasteiger partial charge in [0.25, 0.3) is 0 Å². The van der Waals surface area contributed by atoms with Crippen molar-refractivity contribution in [3.8, 4) is 11.5 Å². The predicted octanol–water partition coefficient (Wildman–Crippen LogP) is 5.70. The van der Waals surface area contributed by atoms with E-state index in [9.17, 15) is 4.79 Å². The molecule has 0 radical (unpaired) electrons. The number of hydrogen-bond donors (Lipinski definition) is 0. The molecule has 0 saturated heterocycles. The molecule has 0 bridgehead atoms. The third-order valence-electron chi connectivity index (χ3n) is 5.16. The van der Waals surface area contributed by atoms with Crippen LogP contribution >= 0.6 is 0 Å². The highest BCUT2D eigenvalue weighted by atomic mass is 16.6. The van der Waals surface area contributed by atoms with Crippen LogP contribution in [0.1, 0.15) is 30.5 Å².